The Morgan fingerprint density at radius 1 is 1.47 bits per heavy atom. The number of nitrogens with two attached hydrogens (primary N) is 1. The Morgan fingerprint density at radius 2 is 2.18 bits per heavy atom. The van der Waals surface area contributed by atoms with Crippen LogP contribution in [0.25, 0.3) is 0 Å². The number of carbonyl (C=O) groups excluding carboxylic acids is 1. The van der Waals surface area contributed by atoms with E-state index in [9.17, 15) is 4.79 Å². The minimum Gasteiger partial charge on any atom is -0.490 e. The van der Waals surface area contributed by atoms with Crippen LogP contribution in [0, 0.1) is 0 Å². The summed E-state index contributed by atoms with van der Waals surface area (Å²) in [6.45, 7) is 0.479. The zero-order valence-corrected chi connectivity index (χ0v) is 11.7. The van der Waals surface area contributed by atoms with E-state index in [4.69, 9.17) is 10.5 Å². The van der Waals surface area contributed by atoms with Gasteiger partial charge in [-0.15, -0.1) is 0 Å². The minimum absolute atomic E-state index is 0.105. The van der Waals surface area contributed by atoms with E-state index in [1.807, 2.05) is 12.1 Å². The summed E-state index contributed by atoms with van der Waals surface area (Å²) in [6, 6.07) is 5.50. The molecule has 4 nitrogen and oxygen atoms in total. The molecule has 0 radical (unpaired) electrons. The summed E-state index contributed by atoms with van der Waals surface area (Å²) < 4.78 is 6.39. The molecule has 2 N–H and O–H groups in total. The van der Waals surface area contributed by atoms with Gasteiger partial charge < -0.3 is 15.4 Å². The monoisotopic (exact) mass is 300 g/mol. The van der Waals surface area contributed by atoms with Crippen molar-refractivity contribution in [2.75, 3.05) is 26.4 Å². The highest BCUT2D eigenvalue weighted by Gasteiger charge is 2.06. The smallest absolute Gasteiger partial charge is 0.222 e. The Hall–Kier alpha value is -1.23. The number of nitrogen functional groups attached to an aromatic ring is 1. The summed E-state index contributed by atoms with van der Waals surface area (Å²) in [5.74, 6) is 0.749. The highest BCUT2D eigenvalue weighted by Crippen LogP contribution is 2.30. The van der Waals surface area contributed by atoms with Gasteiger partial charge in [0.1, 0.15) is 0 Å². The SMILES string of the molecule is CN(C)C(=O)CCCOc1c(N)cccc1Br. The summed E-state index contributed by atoms with van der Waals surface area (Å²) in [5.41, 5.74) is 6.38. The summed E-state index contributed by atoms with van der Waals surface area (Å²) in [5, 5.41) is 0. The fraction of sp³-hybridized carbons (Fsp3) is 0.417. The van der Waals surface area contributed by atoms with Crippen LogP contribution in [0.3, 0.4) is 0 Å². The van der Waals surface area contributed by atoms with Crippen LogP contribution in [0.1, 0.15) is 12.8 Å². The molecule has 0 aliphatic carbocycles. The Balaban J connectivity index is 2.39. The molecule has 0 atom stereocenters. The molecule has 0 aliphatic heterocycles. The lowest BCUT2D eigenvalue weighted by atomic mass is 10.3. The predicted octanol–water partition coefficient (Wildman–Crippen LogP) is 2.28. The molecule has 0 aromatic heterocycles. The maximum absolute atomic E-state index is 11.3. The molecule has 17 heavy (non-hydrogen) atoms. The van der Waals surface area contributed by atoms with Gasteiger partial charge in [0, 0.05) is 20.5 Å². The second kappa shape index (κ2) is 6.49. The first kappa shape index (κ1) is 13.8. The van der Waals surface area contributed by atoms with E-state index in [-0.39, 0.29) is 5.91 Å². The second-order valence-corrected chi connectivity index (χ2v) is 4.75. The van der Waals surface area contributed by atoms with Crippen molar-refractivity contribution in [2.45, 2.75) is 12.8 Å². The van der Waals surface area contributed by atoms with E-state index in [1.165, 1.54) is 0 Å². The number of hydrogen-bond acceptors (Lipinski definition) is 3. The van der Waals surface area contributed by atoms with Gasteiger partial charge in [-0.2, -0.15) is 0 Å². The predicted molar refractivity (Wildman–Crippen MR) is 72.0 cm³/mol. The number of halogens is 1. The molecule has 1 rings (SSSR count). The lowest BCUT2D eigenvalue weighted by Crippen LogP contribution is -2.21. The molecule has 0 fully saturated rings. The topological polar surface area (TPSA) is 55.6 Å². The lowest BCUT2D eigenvalue weighted by molar-refractivity contribution is -0.128. The first-order valence-electron chi connectivity index (χ1n) is 5.39. The maximum atomic E-state index is 11.3. The molecule has 0 saturated carbocycles. The number of amides is 1. The average Bonchev–Trinajstić information content (AvgIpc) is 2.27. The molecule has 1 aromatic carbocycles. The van der Waals surface area contributed by atoms with Gasteiger partial charge in [-0.1, -0.05) is 6.07 Å². The Kier molecular flexibility index (Phi) is 5.28. The second-order valence-electron chi connectivity index (χ2n) is 3.90. The highest BCUT2D eigenvalue weighted by molar-refractivity contribution is 9.10. The van der Waals surface area contributed by atoms with Crippen LogP contribution < -0.4 is 10.5 Å². The van der Waals surface area contributed by atoms with Crippen molar-refractivity contribution in [2.24, 2.45) is 0 Å². The van der Waals surface area contributed by atoms with Crippen molar-refractivity contribution in [3.05, 3.63) is 22.7 Å². The van der Waals surface area contributed by atoms with Gasteiger partial charge >= 0.3 is 0 Å². The van der Waals surface area contributed by atoms with Gasteiger partial charge in [0.2, 0.25) is 5.91 Å². The van der Waals surface area contributed by atoms with Crippen LogP contribution in [-0.4, -0.2) is 31.5 Å². The Labute approximate surface area is 110 Å². The first-order valence-corrected chi connectivity index (χ1v) is 6.18. The van der Waals surface area contributed by atoms with Crippen molar-refractivity contribution in [3.63, 3.8) is 0 Å². The van der Waals surface area contributed by atoms with Crippen LogP contribution >= 0.6 is 15.9 Å². The number of ether oxygens (including phenoxy) is 1. The van der Waals surface area contributed by atoms with Crippen molar-refractivity contribution < 1.29 is 9.53 Å². The van der Waals surface area contributed by atoms with Gasteiger partial charge in [-0.25, -0.2) is 0 Å². The molecule has 0 spiro atoms. The first-order chi connectivity index (χ1) is 8.02. The van der Waals surface area contributed by atoms with E-state index in [2.05, 4.69) is 15.9 Å². The molecule has 0 unspecified atom stereocenters. The summed E-state index contributed by atoms with van der Waals surface area (Å²) in [6.07, 6.45) is 1.16. The molecule has 0 aliphatic rings. The average molecular weight is 301 g/mol. The van der Waals surface area contributed by atoms with Crippen LogP contribution in [0.2, 0.25) is 0 Å². The molecule has 0 heterocycles. The minimum atomic E-state index is 0.105. The maximum Gasteiger partial charge on any atom is 0.222 e. The van der Waals surface area contributed by atoms with Crippen LogP contribution in [0.15, 0.2) is 22.7 Å². The van der Waals surface area contributed by atoms with E-state index >= 15 is 0 Å². The summed E-state index contributed by atoms with van der Waals surface area (Å²) in [4.78, 5) is 12.9. The Bertz CT molecular complexity index is 374. The third-order valence-corrected chi connectivity index (χ3v) is 2.90. The quantitative estimate of drug-likeness (QED) is 0.670. The van der Waals surface area contributed by atoms with Gasteiger partial charge in [-0.3, -0.25) is 4.79 Å². The largest absolute Gasteiger partial charge is 0.490 e. The van der Waals surface area contributed by atoms with Crippen molar-refractivity contribution in [1.29, 1.82) is 0 Å². The molecular weight excluding hydrogens is 284 g/mol. The van der Waals surface area contributed by atoms with Crippen LogP contribution in [0.5, 0.6) is 5.75 Å². The third-order valence-electron chi connectivity index (χ3n) is 2.28. The van der Waals surface area contributed by atoms with Gasteiger partial charge in [-0.05, 0) is 34.5 Å². The van der Waals surface area contributed by atoms with Crippen LogP contribution in [0.4, 0.5) is 5.69 Å². The number of nitrogens with zero attached hydrogens (tertiary/aromatic N) is 1. The summed E-state index contributed by atoms with van der Waals surface area (Å²) >= 11 is 3.37. The number of carbonyl (C=O) groups is 1. The van der Waals surface area contributed by atoms with E-state index in [0.29, 0.717) is 30.9 Å². The van der Waals surface area contributed by atoms with Gasteiger partial charge in [0.05, 0.1) is 16.8 Å². The number of para-hydroxylation sites is 1. The number of rotatable bonds is 5. The summed E-state index contributed by atoms with van der Waals surface area (Å²) in [7, 11) is 3.49. The molecule has 0 saturated heterocycles. The van der Waals surface area contributed by atoms with E-state index < -0.39 is 0 Å². The van der Waals surface area contributed by atoms with Crippen molar-refractivity contribution >= 4 is 27.5 Å². The number of benzene rings is 1. The van der Waals surface area contributed by atoms with Crippen molar-refractivity contribution in [3.8, 4) is 5.75 Å². The third kappa shape index (κ3) is 4.26. The van der Waals surface area contributed by atoms with Crippen molar-refractivity contribution in [1.82, 2.24) is 4.90 Å². The molecular formula is C12H17BrN2O2. The van der Waals surface area contributed by atoms with E-state index in [0.717, 1.165) is 4.47 Å². The highest BCUT2D eigenvalue weighted by atomic mass is 79.9. The van der Waals surface area contributed by atoms with Gasteiger partial charge in [0.15, 0.2) is 5.75 Å². The molecule has 5 heteroatoms. The Morgan fingerprint density at radius 3 is 2.76 bits per heavy atom. The van der Waals surface area contributed by atoms with Gasteiger partial charge in [0.25, 0.3) is 0 Å². The number of anilines is 1. The molecule has 0 bridgehead atoms. The van der Waals surface area contributed by atoms with E-state index in [1.54, 1.807) is 25.1 Å². The number of hydrogen-bond donors (Lipinski definition) is 1. The molecule has 1 amide bonds. The zero-order valence-electron chi connectivity index (χ0n) is 10.1. The van der Waals surface area contributed by atoms with Crippen LogP contribution in [-0.2, 0) is 4.79 Å². The normalized spacial score (nSPS) is 10.1. The fourth-order valence-electron chi connectivity index (χ4n) is 1.30. The molecule has 1 aromatic rings. The zero-order chi connectivity index (χ0) is 12.8. The lowest BCUT2D eigenvalue weighted by Gasteiger charge is -2.12. The fourth-order valence-corrected chi connectivity index (χ4v) is 1.80. The molecule has 94 valence electrons. The standard InChI is InChI=1S/C12H17BrN2O2/c1-15(2)11(16)7-4-8-17-12-9(13)5-3-6-10(12)14/h3,5-6H,4,7-8,14H2,1-2H3.